The van der Waals surface area contributed by atoms with Gasteiger partial charge in [0.25, 0.3) is 0 Å². The first-order valence-electron chi connectivity index (χ1n) is 7.27. The van der Waals surface area contributed by atoms with E-state index in [-0.39, 0.29) is 10.6 Å². The smallest absolute Gasteiger partial charge is 0.353 e. The van der Waals surface area contributed by atoms with Crippen LogP contribution in [0.25, 0.3) is 0 Å². The summed E-state index contributed by atoms with van der Waals surface area (Å²) in [6.45, 7) is 6.39. The van der Waals surface area contributed by atoms with Crippen molar-refractivity contribution in [1.82, 2.24) is 9.97 Å². The van der Waals surface area contributed by atoms with Crippen LogP contribution in [0.1, 0.15) is 26.7 Å². The first-order valence-corrected chi connectivity index (χ1v) is 8.32. The van der Waals surface area contributed by atoms with E-state index in [1.807, 2.05) is 23.6 Å². The Morgan fingerprint density at radius 1 is 1.52 bits per heavy atom. The molecule has 7 nitrogen and oxygen atoms in total. The Bertz CT molecular complexity index is 499. The first-order chi connectivity index (χ1) is 10.2. The van der Waals surface area contributed by atoms with E-state index in [1.165, 1.54) is 6.33 Å². The zero-order valence-corrected chi connectivity index (χ0v) is 13.2. The molecule has 0 saturated carbocycles. The number of nitro groups is 1. The van der Waals surface area contributed by atoms with E-state index >= 15 is 0 Å². The molecule has 1 aliphatic heterocycles. The molecule has 0 spiro atoms. The molecule has 0 aromatic carbocycles. The van der Waals surface area contributed by atoms with Crippen LogP contribution in [-0.2, 0) is 0 Å². The van der Waals surface area contributed by atoms with Crippen molar-refractivity contribution in [2.75, 3.05) is 35.6 Å². The molecule has 1 aliphatic rings. The highest BCUT2D eigenvalue weighted by Crippen LogP contribution is 2.34. The van der Waals surface area contributed by atoms with E-state index in [2.05, 4.69) is 22.2 Å². The van der Waals surface area contributed by atoms with Crippen molar-refractivity contribution in [3.8, 4) is 0 Å². The number of thioether (sulfide) groups is 1. The van der Waals surface area contributed by atoms with Crippen LogP contribution in [0.4, 0.5) is 17.3 Å². The van der Waals surface area contributed by atoms with Crippen molar-refractivity contribution in [1.29, 1.82) is 0 Å². The minimum absolute atomic E-state index is 0.00676. The molecule has 1 unspecified atom stereocenters. The van der Waals surface area contributed by atoms with Crippen molar-refractivity contribution in [2.24, 2.45) is 0 Å². The van der Waals surface area contributed by atoms with E-state index in [4.69, 9.17) is 0 Å². The Morgan fingerprint density at radius 2 is 2.33 bits per heavy atom. The molecule has 21 heavy (non-hydrogen) atoms. The summed E-state index contributed by atoms with van der Waals surface area (Å²) in [5.74, 6) is 1.72. The van der Waals surface area contributed by atoms with Crippen LogP contribution in [0, 0.1) is 10.1 Å². The second kappa shape index (κ2) is 7.44. The van der Waals surface area contributed by atoms with Gasteiger partial charge in [-0.15, -0.1) is 0 Å². The lowest BCUT2D eigenvalue weighted by atomic mass is 10.2. The lowest BCUT2D eigenvalue weighted by Gasteiger charge is -2.32. The van der Waals surface area contributed by atoms with E-state index in [0.29, 0.717) is 23.4 Å². The van der Waals surface area contributed by atoms with E-state index in [9.17, 15) is 10.1 Å². The SMILES string of the molecule is CCCNc1ncnc(N2CCSC(CC)C2)c1[N+](=O)[O-]. The summed E-state index contributed by atoms with van der Waals surface area (Å²) < 4.78 is 0. The quantitative estimate of drug-likeness (QED) is 0.638. The molecule has 0 radical (unpaired) electrons. The maximum Gasteiger partial charge on any atom is 0.353 e. The normalized spacial score (nSPS) is 18.6. The minimum Gasteiger partial charge on any atom is -0.364 e. The zero-order chi connectivity index (χ0) is 15.2. The van der Waals surface area contributed by atoms with Crippen molar-refractivity contribution < 1.29 is 4.92 Å². The van der Waals surface area contributed by atoms with Crippen molar-refractivity contribution in [3.63, 3.8) is 0 Å². The van der Waals surface area contributed by atoms with Crippen molar-refractivity contribution >= 4 is 29.1 Å². The molecular weight excluding hydrogens is 290 g/mol. The molecule has 1 aromatic rings. The van der Waals surface area contributed by atoms with Crippen molar-refractivity contribution in [3.05, 3.63) is 16.4 Å². The maximum atomic E-state index is 11.5. The molecule has 0 bridgehead atoms. The number of aromatic nitrogens is 2. The van der Waals surface area contributed by atoms with Gasteiger partial charge in [-0.2, -0.15) is 11.8 Å². The van der Waals surface area contributed by atoms with Crippen LogP contribution in [0.15, 0.2) is 6.33 Å². The summed E-state index contributed by atoms with van der Waals surface area (Å²) in [7, 11) is 0. The fourth-order valence-corrected chi connectivity index (χ4v) is 3.48. The highest BCUT2D eigenvalue weighted by molar-refractivity contribution is 8.00. The van der Waals surface area contributed by atoms with E-state index in [0.717, 1.165) is 31.7 Å². The monoisotopic (exact) mass is 311 g/mol. The van der Waals surface area contributed by atoms with Crippen LogP contribution in [0.2, 0.25) is 0 Å². The predicted octanol–water partition coefficient (Wildman–Crippen LogP) is 2.54. The third-order valence-electron chi connectivity index (χ3n) is 3.42. The second-order valence-corrected chi connectivity index (χ2v) is 6.33. The molecule has 2 heterocycles. The Kier molecular flexibility index (Phi) is 5.60. The average Bonchev–Trinajstić information content (AvgIpc) is 2.52. The number of nitrogens with zero attached hydrogens (tertiary/aromatic N) is 4. The molecule has 1 fully saturated rings. The lowest BCUT2D eigenvalue weighted by Crippen LogP contribution is -2.38. The van der Waals surface area contributed by atoms with Gasteiger partial charge in [0.1, 0.15) is 6.33 Å². The standard InChI is InChI=1S/C13H21N5O2S/c1-3-5-14-12-11(18(19)20)13(16-9-15-12)17-6-7-21-10(4-2)8-17/h9-10H,3-8H2,1-2H3,(H,14,15,16). The summed E-state index contributed by atoms with van der Waals surface area (Å²) in [5.41, 5.74) is -0.00676. The molecule has 0 aliphatic carbocycles. The molecule has 8 heteroatoms. The van der Waals surface area contributed by atoms with Gasteiger partial charge in [-0.05, 0) is 12.8 Å². The molecule has 116 valence electrons. The molecule has 2 rings (SSSR count). The number of anilines is 2. The summed E-state index contributed by atoms with van der Waals surface area (Å²) >= 11 is 1.92. The highest BCUT2D eigenvalue weighted by atomic mass is 32.2. The topological polar surface area (TPSA) is 84.2 Å². The third-order valence-corrected chi connectivity index (χ3v) is 4.79. The van der Waals surface area contributed by atoms with Gasteiger partial charge < -0.3 is 10.2 Å². The van der Waals surface area contributed by atoms with Crippen LogP contribution in [-0.4, -0.2) is 45.5 Å². The van der Waals surface area contributed by atoms with Gasteiger partial charge in [-0.25, -0.2) is 9.97 Å². The largest absolute Gasteiger partial charge is 0.364 e. The highest BCUT2D eigenvalue weighted by Gasteiger charge is 2.29. The number of nitrogens with one attached hydrogen (secondary N) is 1. The van der Waals surface area contributed by atoms with Gasteiger partial charge in [0, 0.05) is 30.6 Å². The molecule has 1 aromatic heterocycles. The van der Waals surface area contributed by atoms with Gasteiger partial charge in [0.05, 0.1) is 4.92 Å². The van der Waals surface area contributed by atoms with Gasteiger partial charge >= 0.3 is 5.69 Å². The zero-order valence-electron chi connectivity index (χ0n) is 12.4. The number of hydrogen-bond donors (Lipinski definition) is 1. The van der Waals surface area contributed by atoms with Gasteiger partial charge in [0.2, 0.25) is 11.6 Å². The minimum atomic E-state index is -0.379. The Morgan fingerprint density at radius 3 is 3.00 bits per heavy atom. The van der Waals surface area contributed by atoms with Crippen LogP contribution in [0.3, 0.4) is 0 Å². The van der Waals surface area contributed by atoms with Crippen LogP contribution >= 0.6 is 11.8 Å². The summed E-state index contributed by atoms with van der Waals surface area (Å²) in [5, 5.41) is 15.0. The Balaban J connectivity index is 2.31. The fourth-order valence-electron chi connectivity index (χ4n) is 2.30. The number of rotatable bonds is 6. The van der Waals surface area contributed by atoms with Crippen molar-refractivity contribution in [2.45, 2.75) is 31.9 Å². The van der Waals surface area contributed by atoms with Gasteiger partial charge in [0.15, 0.2) is 0 Å². The molecule has 1 saturated heterocycles. The van der Waals surface area contributed by atoms with Gasteiger partial charge in [-0.1, -0.05) is 13.8 Å². The first kappa shape index (κ1) is 15.8. The number of hydrogen-bond acceptors (Lipinski definition) is 7. The molecule has 1 atom stereocenters. The Hall–Kier alpha value is -1.57. The fraction of sp³-hybridized carbons (Fsp3) is 0.692. The van der Waals surface area contributed by atoms with Gasteiger partial charge in [-0.3, -0.25) is 10.1 Å². The van der Waals surface area contributed by atoms with Crippen LogP contribution in [0.5, 0.6) is 0 Å². The predicted molar refractivity (Wildman–Crippen MR) is 86.2 cm³/mol. The third kappa shape index (κ3) is 3.75. The second-order valence-electron chi connectivity index (χ2n) is 4.93. The summed E-state index contributed by atoms with van der Waals surface area (Å²) in [6.07, 6.45) is 3.35. The molecular formula is C13H21N5O2S. The Labute approximate surface area is 128 Å². The summed E-state index contributed by atoms with van der Waals surface area (Å²) in [6, 6.07) is 0. The van der Waals surface area contributed by atoms with E-state index < -0.39 is 0 Å². The summed E-state index contributed by atoms with van der Waals surface area (Å²) in [4.78, 5) is 21.3. The molecule has 1 N–H and O–H groups in total. The van der Waals surface area contributed by atoms with Crippen LogP contribution < -0.4 is 10.2 Å². The average molecular weight is 311 g/mol. The van der Waals surface area contributed by atoms with E-state index in [1.54, 1.807) is 0 Å². The lowest BCUT2D eigenvalue weighted by molar-refractivity contribution is -0.383. The molecule has 0 amide bonds. The maximum absolute atomic E-state index is 11.5.